The van der Waals surface area contributed by atoms with Crippen molar-refractivity contribution in [1.29, 1.82) is 0 Å². The molecule has 0 spiro atoms. The molecule has 32 heavy (non-hydrogen) atoms. The molecule has 7 nitrogen and oxygen atoms in total. The van der Waals surface area contributed by atoms with Gasteiger partial charge >= 0.3 is 5.97 Å². The number of hydrogen-bond acceptors (Lipinski definition) is 5. The van der Waals surface area contributed by atoms with E-state index in [1.807, 2.05) is 0 Å². The SMILES string of the molecule is COC(=O)c1nn(C23CC4CC(CC(C4)C2)C3)c2c1C(=O)N(c1cc(Cl)cc(Cl)c1)C2=O. The van der Waals surface area contributed by atoms with E-state index in [0.717, 1.165) is 24.2 Å². The van der Waals surface area contributed by atoms with E-state index < -0.39 is 17.8 Å². The second-order valence-corrected chi connectivity index (χ2v) is 10.6. The van der Waals surface area contributed by atoms with Gasteiger partial charge in [-0.3, -0.25) is 14.3 Å². The highest BCUT2D eigenvalue weighted by Crippen LogP contribution is 2.59. The van der Waals surface area contributed by atoms with E-state index in [0.29, 0.717) is 27.8 Å². The van der Waals surface area contributed by atoms with Crippen LogP contribution in [0.15, 0.2) is 18.2 Å². The lowest BCUT2D eigenvalue weighted by atomic mass is 9.53. The number of aromatic nitrogens is 2. The first kappa shape index (κ1) is 20.2. The summed E-state index contributed by atoms with van der Waals surface area (Å²) in [5, 5.41) is 5.19. The first-order valence-corrected chi connectivity index (χ1v) is 11.6. The van der Waals surface area contributed by atoms with Gasteiger partial charge in [0.1, 0.15) is 11.3 Å². The smallest absolute Gasteiger partial charge is 0.359 e. The maximum Gasteiger partial charge on any atom is 0.359 e. The van der Waals surface area contributed by atoms with Crippen molar-refractivity contribution in [2.45, 2.75) is 44.1 Å². The van der Waals surface area contributed by atoms with Gasteiger partial charge in [-0.05, 0) is 74.5 Å². The molecule has 4 fully saturated rings. The zero-order chi connectivity index (χ0) is 22.4. The van der Waals surface area contributed by atoms with Crippen molar-refractivity contribution in [3.63, 3.8) is 0 Å². The molecule has 0 saturated heterocycles. The average molecular weight is 474 g/mol. The fourth-order valence-corrected chi connectivity index (χ4v) is 7.45. The molecule has 166 valence electrons. The van der Waals surface area contributed by atoms with E-state index in [4.69, 9.17) is 27.9 Å². The molecular weight excluding hydrogens is 453 g/mol. The second-order valence-electron chi connectivity index (χ2n) is 9.69. The number of esters is 1. The van der Waals surface area contributed by atoms with Crippen LogP contribution in [-0.2, 0) is 10.3 Å². The Labute approximate surface area is 194 Å². The lowest BCUT2D eigenvalue weighted by molar-refractivity contribution is -0.0503. The second kappa shape index (κ2) is 6.81. The Morgan fingerprint density at radius 3 is 2.09 bits per heavy atom. The number of amides is 2. The van der Waals surface area contributed by atoms with Crippen molar-refractivity contribution in [3.05, 3.63) is 45.2 Å². The predicted octanol–water partition coefficient (Wildman–Crippen LogP) is 4.70. The summed E-state index contributed by atoms with van der Waals surface area (Å²) in [6, 6.07) is 4.55. The molecule has 4 bridgehead atoms. The normalized spacial score (nSPS) is 30.2. The third-order valence-electron chi connectivity index (χ3n) is 7.65. The third-order valence-corrected chi connectivity index (χ3v) is 8.08. The highest BCUT2D eigenvalue weighted by Gasteiger charge is 2.56. The van der Waals surface area contributed by atoms with Crippen LogP contribution in [0.2, 0.25) is 10.0 Å². The Balaban J connectivity index is 1.53. The number of ether oxygens (including phenoxy) is 1. The quantitative estimate of drug-likeness (QED) is 0.476. The minimum atomic E-state index is -0.725. The van der Waals surface area contributed by atoms with Crippen LogP contribution < -0.4 is 4.90 Å². The predicted molar refractivity (Wildman–Crippen MR) is 117 cm³/mol. The van der Waals surface area contributed by atoms with Gasteiger partial charge in [0.2, 0.25) is 0 Å². The van der Waals surface area contributed by atoms with Crippen LogP contribution in [0.5, 0.6) is 0 Å². The van der Waals surface area contributed by atoms with Crippen LogP contribution in [-0.4, -0.2) is 34.7 Å². The van der Waals surface area contributed by atoms with Gasteiger partial charge in [0.25, 0.3) is 11.8 Å². The van der Waals surface area contributed by atoms with Gasteiger partial charge in [-0.25, -0.2) is 9.69 Å². The van der Waals surface area contributed by atoms with Crippen LogP contribution in [0.4, 0.5) is 5.69 Å². The molecular formula is C23H21Cl2N3O4. The molecule has 7 rings (SSSR count). The minimum absolute atomic E-state index is 0.00805. The highest BCUT2D eigenvalue weighted by atomic mass is 35.5. The number of nitrogens with zero attached hydrogens (tertiary/aromatic N) is 3. The zero-order valence-corrected chi connectivity index (χ0v) is 18.9. The van der Waals surface area contributed by atoms with Gasteiger partial charge in [0.15, 0.2) is 5.69 Å². The first-order chi connectivity index (χ1) is 15.3. The standard InChI is InChI=1S/C23H21Cl2N3O4/c1-32-22(31)18-17-19(21(30)27(20(17)29)16-6-14(24)5-15(25)7-16)28(26-18)23-8-11-2-12(9-23)4-13(3-11)10-23/h5-7,11-13H,2-4,8-10H2,1H3. The molecule has 0 radical (unpaired) electrons. The summed E-state index contributed by atoms with van der Waals surface area (Å²) in [4.78, 5) is 40.8. The Kier molecular flexibility index (Phi) is 4.31. The van der Waals surface area contributed by atoms with Gasteiger partial charge in [-0.15, -0.1) is 0 Å². The number of anilines is 1. The maximum absolute atomic E-state index is 13.7. The van der Waals surface area contributed by atoms with E-state index >= 15 is 0 Å². The molecule has 2 amide bonds. The van der Waals surface area contributed by atoms with E-state index in [9.17, 15) is 14.4 Å². The summed E-state index contributed by atoms with van der Waals surface area (Å²) in [7, 11) is 1.24. The number of rotatable bonds is 3. The van der Waals surface area contributed by atoms with Crippen molar-refractivity contribution >= 4 is 46.7 Å². The van der Waals surface area contributed by atoms with Gasteiger partial charge in [-0.1, -0.05) is 23.2 Å². The Morgan fingerprint density at radius 1 is 1.00 bits per heavy atom. The number of halogens is 2. The molecule has 4 saturated carbocycles. The lowest BCUT2D eigenvalue weighted by Crippen LogP contribution is -2.53. The number of benzene rings is 1. The number of carbonyl (C=O) groups excluding carboxylic acids is 3. The summed E-state index contributed by atoms with van der Waals surface area (Å²) < 4.78 is 6.63. The zero-order valence-electron chi connectivity index (χ0n) is 17.4. The molecule has 2 aromatic rings. The molecule has 1 aromatic heterocycles. The molecule has 9 heteroatoms. The van der Waals surface area contributed by atoms with Crippen molar-refractivity contribution in [2.75, 3.05) is 12.0 Å². The molecule has 2 heterocycles. The topological polar surface area (TPSA) is 81.5 Å². The first-order valence-electron chi connectivity index (χ1n) is 10.9. The van der Waals surface area contributed by atoms with Crippen LogP contribution in [0.1, 0.15) is 69.9 Å². The lowest BCUT2D eigenvalue weighted by Gasteiger charge is -2.56. The Hall–Kier alpha value is -2.38. The fraction of sp³-hybridized carbons (Fsp3) is 0.478. The third kappa shape index (κ3) is 2.73. The van der Waals surface area contributed by atoms with Crippen molar-refractivity contribution in [1.82, 2.24) is 9.78 Å². The fourth-order valence-electron chi connectivity index (χ4n) is 6.94. The average Bonchev–Trinajstić information content (AvgIpc) is 3.23. The van der Waals surface area contributed by atoms with Crippen LogP contribution in [0.3, 0.4) is 0 Å². The Morgan fingerprint density at radius 2 is 1.56 bits per heavy atom. The highest BCUT2D eigenvalue weighted by molar-refractivity contribution is 6.38. The number of fused-ring (bicyclic) bond motifs is 1. The summed E-state index contributed by atoms with van der Waals surface area (Å²) in [6.07, 6.45) is 6.39. The van der Waals surface area contributed by atoms with Gasteiger partial charge < -0.3 is 4.74 Å². The van der Waals surface area contributed by atoms with Crippen LogP contribution >= 0.6 is 23.2 Å². The minimum Gasteiger partial charge on any atom is -0.464 e. The number of methoxy groups -OCH3 is 1. The summed E-state index contributed by atoms with van der Waals surface area (Å²) >= 11 is 12.3. The molecule has 0 unspecified atom stereocenters. The van der Waals surface area contributed by atoms with E-state index in [2.05, 4.69) is 5.10 Å². The van der Waals surface area contributed by atoms with Crippen LogP contribution in [0, 0.1) is 17.8 Å². The molecule has 1 aliphatic heterocycles. The summed E-state index contributed by atoms with van der Waals surface area (Å²) in [6.45, 7) is 0. The van der Waals surface area contributed by atoms with Crippen molar-refractivity contribution < 1.29 is 19.1 Å². The molecule has 1 aromatic carbocycles. The molecule has 4 aliphatic carbocycles. The summed E-state index contributed by atoms with van der Waals surface area (Å²) in [5.74, 6) is -0.0635. The monoisotopic (exact) mass is 473 g/mol. The number of hydrogen-bond donors (Lipinski definition) is 0. The number of imide groups is 1. The van der Waals surface area contributed by atoms with Crippen molar-refractivity contribution in [2.24, 2.45) is 17.8 Å². The largest absolute Gasteiger partial charge is 0.464 e. The maximum atomic E-state index is 13.7. The molecule has 0 atom stereocenters. The molecule has 5 aliphatic rings. The molecule has 0 N–H and O–H groups in total. The van der Waals surface area contributed by atoms with Gasteiger partial charge in [0.05, 0.1) is 18.3 Å². The Bertz CT molecular complexity index is 1150. The van der Waals surface area contributed by atoms with Gasteiger partial charge in [0, 0.05) is 10.0 Å². The number of carbonyl (C=O) groups is 3. The van der Waals surface area contributed by atoms with E-state index in [-0.39, 0.29) is 28.2 Å². The summed E-state index contributed by atoms with van der Waals surface area (Å²) in [5.41, 5.74) is -0.000751. The van der Waals surface area contributed by atoms with Crippen molar-refractivity contribution in [3.8, 4) is 0 Å². The van der Waals surface area contributed by atoms with E-state index in [1.54, 1.807) is 4.68 Å². The van der Waals surface area contributed by atoms with E-state index in [1.165, 1.54) is 44.6 Å². The van der Waals surface area contributed by atoms with Gasteiger partial charge in [-0.2, -0.15) is 5.10 Å². The van der Waals surface area contributed by atoms with Crippen LogP contribution in [0.25, 0.3) is 0 Å².